The molecule has 0 bridgehead atoms. The van der Waals surface area contributed by atoms with Gasteiger partial charge in [-0.2, -0.15) is 4.39 Å². The number of hydrogen-bond acceptors (Lipinski definition) is 2. The molecule has 2 nitrogen and oxygen atoms in total. The highest BCUT2D eigenvalue weighted by molar-refractivity contribution is 9.08. The van der Waals surface area contributed by atoms with Crippen LogP contribution in [0.4, 0.5) is 13.2 Å². The Morgan fingerprint density at radius 1 is 1.50 bits per heavy atom. The number of halogens is 4. The van der Waals surface area contributed by atoms with Gasteiger partial charge in [0.05, 0.1) is 6.61 Å². The van der Waals surface area contributed by atoms with Crippen molar-refractivity contribution in [3.63, 3.8) is 0 Å². The summed E-state index contributed by atoms with van der Waals surface area (Å²) in [5.41, 5.74) is -0.379. The van der Waals surface area contributed by atoms with E-state index >= 15 is 0 Å². The van der Waals surface area contributed by atoms with Gasteiger partial charge in [0.2, 0.25) is 5.95 Å². The summed E-state index contributed by atoms with van der Waals surface area (Å²) in [6, 6.07) is 1.08. The van der Waals surface area contributed by atoms with Crippen molar-refractivity contribution < 1.29 is 18.3 Å². The number of hydrogen-bond donors (Lipinski definition) is 1. The van der Waals surface area contributed by atoms with Gasteiger partial charge < -0.3 is 5.11 Å². The number of rotatable bonds is 3. The van der Waals surface area contributed by atoms with Gasteiger partial charge in [0.1, 0.15) is 5.69 Å². The van der Waals surface area contributed by atoms with Gasteiger partial charge in [-0.05, 0) is 11.6 Å². The monoisotopic (exact) mass is 269 g/mol. The number of pyridine rings is 1. The predicted molar refractivity (Wildman–Crippen MR) is 47.7 cm³/mol. The van der Waals surface area contributed by atoms with E-state index in [0.717, 1.165) is 6.07 Å². The molecule has 0 aliphatic rings. The molecule has 78 valence electrons. The molecule has 6 heteroatoms. The molecule has 14 heavy (non-hydrogen) atoms. The van der Waals surface area contributed by atoms with Crippen LogP contribution >= 0.6 is 15.9 Å². The Morgan fingerprint density at radius 2 is 2.14 bits per heavy atom. The first-order chi connectivity index (χ1) is 6.60. The number of aromatic nitrogens is 1. The average molecular weight is 270 g/mol. The van der Waals surface area contributed by atoms with E-state index in [2.05, 4.69) is 20.9 Å². The van der Waals surface area contributed by atoms with E-state index < -0.39 is 24.7 Å². The molecule has 1 aromatic rings. The lowest BCUT2D eigenvalue weighted by molar-refractivity contribution is 0.144. The molecule has 0 aliphatic heterocycles. The first-order valence-corrected chi connectivity index (χ1v) is 4.85. The maximum Gasteiger partial charge on any atom is 0.280 e. The maximum absolute atomic E-state index is 13.0. The molecule has 0 fully saturated rings. The third kappa shape index (κ3) is 2.24. The molecular weight excluding hydrogens is 263 g/mol. The first-order valence-electron chi connectivity index (χ1n) is 3.73. The zero-order valence-corrected chi connectivity index (χ0v) is 8.56. The summed E-state index contributed by atoms with van der Waals surface area (Å²) < 4.78 is 37.4. The van der Waals surface area contributed by atoms with Gasteiger partial charge in [-0.15, -0.1) is 0 Å². The highest BCUT2D eigenvalue weighted by Gasteiger charge is 2.16. The SMILES string of the molecule is OCc1c(CBr)cc(C(F)F)nc1F. The Labute approximate surface area is 86.9 Å². The van der Waals surface area contributed by atoms with Crippen LogP contribution in [-0.4, -0.2) is 10.1 Å². The molecule has 1 N–H and O–H groups in total. The van der Waals surface area contributed by atoms with Crippen molar-refractivity contribution in [2.45, 2.75) is 18.4 Å². The Morgan fingerprint density at radius 3 is 2.57 bits per heavy atom. The molecule has 0 unspecified atom stereocenters. The van der Waals surface area contributed by atoms with Crippen LogP contribution in [0.2, 0.25) is 0 Å². The molecule has 1 aromatic heterocycles. The fourth-order valence-electron chi connectivity index (χ4n) is 1.01. The quantitative estimate of drug-likeness (QED) is 0.676. The molecule has 1 rings (SSSR count). The summed E-state index contributed by atoms with van der Waals surface area (Å²) in [7, 11) is 0. The Hall–Kier alpha value is -0.620. The van der Waals surface area contributed by atoms with Crippen molar-refractivity contribution in [3.8, 4) is 0 Å². The van der Waals surface area contributed by atoms with Crippen molar-refractivity contribution in [1.82, 2.24) is 4.98 Å². The molecule has 0 aromatic carbocycles. The molecule has 0 saturated heterocycles. The van der Waals surface area contributed by atoms with E-state index in [0.29, 0.717) is 0 Å². The van der Waals surface area contributed by atoms with Gasteiger partial charge in [-0.3, -0.25) is 0 Å². The molecule has 0 atom stereocenters. The first kappa shape index (κ1) is 11.5. The number of alkyl halides is 3. The minimum absolute atomic E-state index is 0.0497. The fraction of sp³-hybridized carbons (Fsp3) is 0.375. The lowest BCUT2D eigenvalue weighted by Gasteiger charge is -2.07. The van der Waals surface area contributed by atoms with Crippen LogP contribution < -0.4 is 0 Å². The maximum atomic E-state index is 13.0. The summed E-state index contributed by atoms with van der Waals surface area (Å²) >= 11 is 3.02. The summed E-state index contributed by atoms with van der Waals surface area (Å²) in [5.74, 6) is -1.04. The summed E-state index contributed by atoms with van der Waals surface area (Å²) in [4.78, 5) is 3.05. The van der Waals surface area contributed by atoms with Gasteiger partial charge in [0.15, 0.2) is 0 Å². The minimum Gasteiger partial charge on any atom is -0.391 e. The minimum atomic E-state index is -2.81. The van der Waals surface area contributed by atoms with Crippen molar-refractivity contribution in [3.05, 3.63) is 28.8 Å². The van der Waals surface area contributed by atoms with Crippen molar-refractivity contribution in [1.29, 1.82) is 0 Å². The lowest BCUT2D eigenvalue weighted by Crippen LogP contribution is -2.03. The second-order valence-corrected chi connectivity index (χ2v) is 3.13. The zero-order chi connectivity index (χ0) is 10.7. The molecule has 0 spiro atoms. The topological polar surface area (TPSA) is 33.1 Å². The van der Waals surface area contributed by atoms with E-state index in [1.165, 1.54) is 0 Å². The van der Waals surface area contributed by atoms with E-state index in [9.17, 15) is 13.2 Å². The van der Waals surface area contributed by atoms with Crippen LogP contribution in [0.15, 0.2) is 6.07 Å². The standard InChI is InChI=1S/C8H7BrF3NO/c9-2-4-1-6(7(10)11)13-8(12)5(4)3-14/h1,7,14H,2-3H2. The van der Waals surface area contributed by atoms with Gasteiger partial charge in [-0.1, -0.05) is 15.9 Å². The van der Waals surface area contributed by atoms with Crippen LogP contribution in [0.3, 0.4) is 0 Å². The van der Waals surface area contributed by atoms with E-state index in [-0.39, 0.29) is 16.5 Å². The number of aliphatic hydroxyl groups is 1. The highest BCUT2D eigenvalue weighted by Crippen LogP contribution is 2.23. The number of nitrogens with zero attached hydrogens (tertiary/aromatic N) is 1. The fourth-order valence-corrected chi connectivity index (χ4v) is 1.51. The summed E-state index contributed by atoms with van der Waals surface area (Å²) in [6.07, 6.45) is -2.81. The largest absolute Gasteiger partial charge is 0.391 e. The number of aliphatic hydroxyl groups excluding tert-OH is 1. The second kappa shape index (κ2) is 4.75. The average Bonchev–Trinajstić information content (AvgIpc) is 2.16. The van der Waals surface area contributed by atoms with Crippen LogP contribution in [0, 0.1) is 5.95 Å². The van der Waals surface area contributed by atoms with Crippen LogP contribution in [-0.2, 0) is 11.9 Å². The molecule has 0 amide bonds. The van der Waals surface area contributed by atoms with Crippen LogP contribution in [0.1, 0.15) is 23.2 Å². The van der Waals surface area contributed by atoms with Crippen LogP contribution in [0.5, 0.6) is 0 Å². The van der Waals surface area contributed by atoms with Gasteiger partial charge in [0.25, 0.3) is 6.43 Å². The molecule has 1 heterocycles. The van der Waals surface area contributed by atoms with Crippen LogP contribution in [0.25, 0.3) is 0 Å². The summed E-state index contributed by atoms with van der Waals surface area (Å²) in [6.45, 7) is -0.552. The van der Waals surface area contributed by atoms with E-state index in [1.807, 2.05) is 0 Å². The van der Waals surface area contributed by atoms with E-state index in [1.54, 1.807) is 0 Å². The molecule has 0 saturated carbocycles. The third-order valence-corrected chi connectivity index (χ3v) is 2.32. The normalized spacial score (nSPS) is 11.0. The van der Waals surface area contributed by atoms with Crippen molar-refractivity contribution in [2.75, 3.05) is 0 Å². The second-order valence-electron chi connectivity index (χ2n) is 2.57. The molecular formula is C8H7BrF3NO. The van der Waals surface area contributed by atoms with Gasteiger partial charge in [0, 0.05) is 10.9 Å². The lowest BCUT2D eigenvalue weighted by atomic mass is 10.1. The Kier molecular flexibility index (Phi) is 3.88. The smallest absolute Gasteiger partial charge is 0.280 e. The van der Waals surface area contributed by atoms with Crippen molar-refractivity contribution in [2.24, 2.45) is 0 Å². The van der Waals surface area contributed by atoms with Gasteiger partial charge in [-0.25, -0.2) is 13.8 Å². The highest BCUT2D eigenvalue weighted by atomic mass is 79.9. The Balaban J connectivity index is 3.24. The molecule has 0 radical (unpaired) electrons. The summed E-state index contributed by atoms with van der Waals surface area (Å²) in [5, 5.41) is 8.97. The van der Waals surface area contributed by atoms with Gasteiger partial charge >= 0.3 is 0 Å². The molecule has 0 aliphatic carbocycles. The van der Waals surface area contributed by atoms with E-state index in [4.69, 9.17) is 5.11 Å². The third-order valence-electron chi connectivity index (χ3n) is 1.71. The zero-order valence-electron chi connectivity index (χ0n) is 6.98. The predicted octanol–water partition coefficient (Wildman–Crippen LogP) is 2.55. The Bertz CT molecular complexity index is 333. The van der Waals surface area contributed by atoms with Crippen molar-refractivity contribution >= 4 is 15.9 Å².